The Balaban J connectivity index is 1.75. The Hall–Kier alpha value is -0.530. The Morgan fingerprint density at radius 3 is 1.84 bits per heavy atom. The van der Waals surface area contributed by atoms with Crippen molar-refractivity contribution < 1.29 is 9.53 Å². The highest BCUT2D eigenvalue weighted by atomic mass is 16.5. The van der Waals surface area contributed by atoms with E-state index >= 15 is 0 Å². The second kappa shape index (κ2) is 9.39. The topological polar surface area (TPSA) is 26.3 Å². The zero-order chi connectivity index (χ0) is 14.0. The van der Waals surface area contributed by atoms with E-state index < -0.39 is 0 Å². The fourth-order valence-corrected chi connectivity index (χ4v) is 2.32. The molecule has 0 aromatic heterocycles. The smallest absolute Gasteiger partial charge is 0.311 e. The van der Waals surface area contributed by atoms with Gasteiger partial charge in [-0.3, -0.25) is 4.79 Å². The molecule has 0 saturated heterocycles. The molecule has 1 saturated carbocycles. The minimum Gasteiger partial charge on any atom is -0.465 e. The summed E-state index contributed by atoms with van der Waals surface area (Å²) >= 11 is 0. The van der Waals surface area contributed by atoms with Crippen LogP contribution in [0.1, 0.15) is 90.9 Å². The zero-order valence-electron chi connectivity index (χ0n) is 13.0. The summed E-state index contributed by atoms with van der Waals surface area (Å²) in [5.41, 5.74) is -0.113. The van der Waals surface area contributed by atoms with Crippen LogP contribution >= 0.6 is 0 Å². The summed E-state index contributed by atoms with van der Waals surface area (Å²) in [5, 5.41) is 0. The largest absolute Gasteiger partial charge is 0.465 e. The van der Waals surface area contributed by atoms with Gasteiger partial charge in [0.15, 0.2) is 0 Å². The molecule has 2 nitrogen and oxygen atoms in total. The van der Waals surface area contributed by atoms with Gasteiger partial charge in [0.25, 0.3) is 0 Å². The normalized spacial score (nSPS) is 16.3. The van der Waals surface area contributed by atoms with E-state index in [9.17, 15) is 4.79 Å². The molecule has 0 spiro atoms. The van der Waals surface area contributed by atoms with Gasteiger partial charge < -0.3 is 4.74 Å². The van der Waals surface area contributed by atoms with Gasteiger partial charge in [0, 0.05) is 0 Å². The molecule has 112 valence electrons. The number of ether oxygens (including phenoxy) is 1. The van der Waals surface area contributed by atoms with E-state index in [-0.39, 0.29) is 11.4 Å². The highest BCUT2D eigenvalue weighted by Crippen LogP contribution is 2.45. The minimum absolute atomic E-state index is 0.0309. The van der Waals surface area contributed by atoms with Crippen LogP contribution in [-0.2, 0) is 9.53 Å². The first-order valence-corrected chi connectivity index (χ1v) is 8.36. The van der Waals surface area contributed by atoms with Crippen LogP contribution in [0.2, 0.25) is 0 Å². The van der Waals surface area contributed by atoms with E-state index in [1.54, 1.807) is 0 Å². The maximum atomic E-state index is 11.6. The first-order valence-electron chi connectivity index (χ1n) is 8.36. The molecule has 2 heteroatoms. The monoisotopic (exact) mass is 268 g/mol. The number of carbonyl (C=O) groups is 1. The zero-order valence-corrected chi connectivity index (χ0v) is 13.0. The van der Waals surface area contributed by atoms with Crippen LogP contribution in [0, 0.1) is 5.41 Å². The lowest BCUT2D eigenvalue weighted by Crippen LogP contribution is -2.16. The molecule has 0 amide bonds. The third-order valence-corrected chi connectivity index (χ3v) is 4.22. The van der Waals surface area contributed by atoms with Gasteiger partial charge >= 0.3 is 5.97 Å². The van der Waals surface area contributed by atoms with E-state index in [1.165, 1.54) is 57.8 Å². The van der Waals surface area contributed by atoms with Gasteiger partial charge in [-0.2, -0.15) is 0 Å². The predicted octanol–water partition coefficient (Wildman–Crippen LogP) is 5.25. The Morgan fingerprint density at radius 1 is 0.895 bits per heavy atom. The van der Waals surface area contributed by atoms with Crippen LogP contribution in [0.3, 0.4) is 0 Å². The van der Waals surface area contributed by atoms with Crippen molar-refractivity contribution in [3.8, 4) is 0 Å². The second-order valence-electron chi connectivity index (χ2n) is 6.38. The number of hydrogen-bond acceptors (Lipinski definition) is 2. The van der Waals surface area contributed by atoms with Crippen molar-refractivity contribution in [3.63, 3.8) is 0 Å². The molecule has 1 fully saturated rings. The number of carbonyl (C=O) groups excluding carboxylic acids is 1. The summed E-state index contributed by atoms with van der Waals surface area (Å²) in [6.45, 7) is 4.90. The fourth-order valence-electron chi connectivity index (χ4n) is 2.32. The van der Waals surface area contributed by atoms with Crippen molar-refractivity contribution in [3.05, 3.63) is 0 Å². The van der Waals surface area contributed by atoms with Crippen LogP contribution in [0.5, 0.6) is 0 Å². The Bertz CT molecular complexity index is 244. The van der Waals surface area contributed by atoms with Crippen molar-refractivity contribution in [2.24, 2.45) is 5.41 Å². The van der Waals surface area contributed by atoms with Crippen molar-refractivity contribution in [1.82, 2.24) is 0 Å². The Kier molecular flexibility index (Phi) is 8.16. The third kappa shape index (κ3) is 7.59. The second-order valence-corrected chi connectivity index (χ2v) is 6.38. The van der Waals surface area contributed by atoms with E-state index in [2.05, 4.69) is 6.92 Å². The van der Waals surface area contributed by atoms with Gasteiger partial charge in [-0.15, -0.1) is 0 Å². The summed E-state index contributed by atoms with van der Waals surface area (Å²) in [5.74, 6) is 0.0309. The molecule has 0 unspecified atom stereocenters. The predicted molar refractivity (Wildman–Crippen MR) is 80.1 cm³/mol. The van der Waals surface area contributed by atoms with Gasteiger partial charge in [0.05, 0.1) is 12.0 Å². The Labute approximate surface area is 119 Å². The van der Waals surface area contributed by atoms with Crippen molar-refractivity contribution in [2.75, 3.05) is 6.61 Å². The van der Waals surface area contributed by atoms with Crippen LogP contribution < -0.4 is 0 Å². The number of rotatable bonds is 12. The summed E-state index contributed by atoms with van der Waals surface area (Å²) in [4.78, 5) is 11.6. The first-order chi connectivity index (χ1) is 9.19. The SMILES string of the molecule is CCCCCCCCCCCCOC(=O)C1(C)CC1. The van der Waals surface area contributed by atoms with Crippen molar-refractivity contribution in [1.29, 1.82) is 0 Å². The molecule has 0 bridgehead atoms. The van der Waals surface area contributed by atoms with Crippen LogP contribution in [-0.4, -0.2) is 12.6 Å². The molecule has 0 aliphatic heterocycles. The molecular weight excluding hydrogens is 236 g/mol. The summed E-state index contributed by atoms with van der Waals surface area (Å²) in [6.07, 6.45) is 15.2. The van der Waals surface area contributed by atoms with Crippen molar-refractivity contribution in [2.45, 2.75) is 90.9 Å². The van der Waals surface area contributed by atoms with Gasteiger partial charge in [-0.1, -0.05) is 64.7 Å². The molecule has 0 heterocycles. The first kappa shape index (κ1) is 16.5. The van der Waals surface area contributed by atoms with E-state index in [0.717, 1.165) is 19.3 Å². The van der Waals surface area contributed by atoms with Crippen LogP contribution in [0.25, 0.3) is 0 Å². The molecule has 19 heavy (non-hydrogen) atoms. The van der Waals surface area contributed by atoms with Crippen LogP contribution in [0.4, 0.5) is 0 Å². The number of unbranched alkanes of at least 4 members (excludes halogenated alkanes) is 9. The van der Waals surface area contributed by atoms with Gasteiger partial charge in [-0.05, 0) is 26.2 Å². The van der Waals surface area contributed by atoms with E-state index in [1.807, 2.05) is 6.92 Å². The molecular formula is C17H32O2. The van der Waals surface area contributed by atoms with Gasteiger partial charge in [0.1, 0.15) is 0 Å². The maximum absolute atomic E-state index is 11.6. The maximum Gasteiger partial charge on any atom is 0.311 e. The minimum atomic E-state index is -0.113. The highest BCUT2D eigenvalue weighted by Gasteiger charge is 2.46. The lowest BCUT2D eigenvalue weighted by Gasteiger charge is -2.08. The molecule has 1 rings (SSSR count). The number of hydrogen-bond donors (Lipinski definition) is 0. The average Bonchev–Trinajstić information content (AvgIpc) is 3.15. The number of esters is 1. The molecule has 0 aromatic rings. The molecule has 0 aromatic carbocycles. The summed E-state index contributed by atoms with van der Waals surface area (Å²) in [7, 11) is 0. The Morgan fingerprint density at radius 2 is 1.37 bits per heavy atom. The highest BCUT2D eigenvalue weighted by molar-refractivity contribution is 5.79. The fraction of sp³-hybridized carbons (Fsp3) is 0.941. The van der Waals surface area contributed by atoms with E-state index in [0.29, 0.717) is 6.61 Å². The lowest BCUT2D eigenvalue weighted by molar-refractivity contribution is -0.149. The average molecular weight is 268 g/mol. The molecule has 0 radical (unpaired) electrons. The standard InChI is InChI=1S/C17H32O2/c1-3-4-5-6-7-8-9-10-11-12-15-19-16(18)17(2)13-14-17/h3-15H2,1-2H3. The van der Waals surface area contributed by atoms with Crippen molar-refractivity contribution >= 4 is 5.97 Å². The third-order valence-electron chi connectivity index (χ3n) is 4.22. The van der Waals surface area contributed by atoms with E-state index in [4.69, 9.17) is 4.74 Å². The lowest BCUT2D eigenvalue weighted by atomic mass is 10.1. The quantitative estimate of drug-likeness (QED) is 0.357. The molecule has 0 atom stereocenters. The molecule has 0 N–H and O–H groups in total. The molecule has 1 aliphatic carbocycles. The van der Waals surface area contributed by atoms with Crippen LogP contribution in [0.15, 0.2) is 0 Å². The van der Waals surface area contributed by atoms with Gasteiger partial charge in [0.2, 0.25) is 0 Å². The summed E-state index contributed by atoms with van der Waals surface area (Å²) < 4.78 is 5.30. The molecule has 1 aliphatic rings. The van der Waals surface area contributed by atoms with Gasteiger partial charge in [-0.25, -0.2) is 0 Å². The summed E-state index contributed by atoms with van der Waals surface area (Å²) in [6, 6.07) is 0.